The predicted octanol–water partition coefficient (Wildman–Crippen LogP) is 3.78. The van der Waals surface area contributed by atoms with Gasteiger partial charge in [-0.3, -0.25) is 9.88 Å². The van der Waals surface area contributed by atoms with Crippen LogP contribution in [0.25, 0.3) is 22.4 Å². The molecule has 0 amide bonds. The number of hydrogen-bond acceptors (Lipinski definition) is 6. The number of hydrogen-bond donors (Lipinski definition) is 1. The Bertz CT molecular complexity index is 1010. The first-order valence-electron chi connectivity index (χ1n) is 9.77. The Morgan fingerprint density at radius 2 is 1.96 bits per heavy atom. The first kappa shape index (κ1) is 19.3. The summed E-state index contributed by atoms with van der Waals surface area (Å²) >= 11 is 0. The molecular formula is C21H26ClN5O. The second-order valence-electron chi connectivity index (χ2n) is 8.01. The molecule has 0 bridgehead atoms. The van der Waals surface area contributed by atoms with E-state index in [9.17, 15) is 0 Å². The lowest BCUT2D eigenvalue weighted by Crippen LogP contribution is -2.44. The van der Waals surface area contributed by atoms with E-state index in [1.807, 2.05) is 0 Å². The van der Waals surface area contributed by atoms with Gasteiger partial charge in [-0.1, -0.05) is 16.8 Å². The SMILES string of the molecule is Cc1cc(C)c2nc(C3CC3)cc(-c3nc(C4CNCCN4C)no3)c2c1.Cl. The molecular weight excluding hydrogens is 374 g/mol. The van der Waals surface area contributed by atoms with Crippen LogP contribution in [0.5, 0.6) is 0 Å². The number of halogens is 1. The van der Waals surface area contributed by atoms with E-state index in [-0.39, 0.29) is 18.4 Å². The van der Waals surface area contributed by atoms with Crippen molar-refractivity contribution in [2.24, 2.45) is 0 Å². The van der Waals surface area contributed by atoms with Crippen molar-refractivity contribution in [3.63, 3.8) is 0 Å². The van der Waals surface area contributed by atoms with Crippen LogP contribution in [0.2, 0.25) is 0 Å². The van der Waals surface area contributed by atoms with E-state index in [2.05, 4.69) is 54.5 Å². The molecule has 2 aromatic heterocycles. The number of fused-ring (bicyclic) bond motifs is 1. The minimum absolute atomic E-state index is 0. The van der Waals surface area contributed by atoms with Crippen LogP contribution >= 0.6 is 12.4 Å². The predicted molar refractivity (Wildman–Crippen MR) is 112 cm³/mol. The van der Waals surface area contributed by atoms with E-state index in [1.165, 1.54) is 24.0 Å². The lowest BCUT2D eigenvalue weighted by Gasteiger charge is -2.30. The summed E-state index contributed by atoms with van der Waals surface area (Å²) in [6.07, 6.45) is 2.44. The fraction of sp³-hybridized carbons (Fsp3) is 0.476. The molecule has 0 spiro atoms. The number of pyridine rings is 1. The molecule has 28 heavy (non-hydrogen) atoms. The van der Waals surface area contributed by atoms with Crippen LogP contribution in [0, 0.1) is 13.8 Å². The van der Waals surface area contributed by atoms with Gasteiger partial charge in [-0.15, -0.1) is 12.4 Å². The van der Waals surface area contributed by atoms with E-state index in [0.717, 1.165) is 47.6 Å². The van der Waals surface area contributed by atoms with Crippen LogP contribution in [0.3, 0.4) is 0 Å². The highest BCUT2D eigenvalue weighted by Crippen LogP contribution is 2.42. The molecule has 1 saturated carbocycles. The van der Waals surface area contributed by atoms with Gasteiger partial charge in [0.15, 0.2) is 5.82 Å². The van der Waals surface area contributed by atoms with Gasteiger partial charge in [0, 0.05) is 36.6 Å². The maximum Gasteiger partial charge on any atom is 0.258 e. The fourth-order valence-corrected chi connectivity index (χ4v) is 4.04. The third-order valence-electron chi connectivity index (χ3n) is 5.74. The Morgan fingerprint density at radius 1 is 1.14 bits per heavy atom. The first-order chi connectivity index (χ1) is 13.1. The van der Waals surface area contributed by atoms with Crippen molar-refractivity contribution in [3.05, 3.63) is 40.8 Å². The molecule has 1 aromatic carbocycles. The molecule has 5 rings (SSSR count). The number of nitrogens with one attached hydrogen (secondary N) is 1. The van der Waals surface area contributed by atoms with Gasteiger partial charge in [0.1, 0.15) is 0 Å². The van der Waals surface area contributed by atoms with Crippen LogP contribution in [0.4, 0.5) is 0 Å². The molecule has 1 aliphatic heterocycles. The molecule has 3 aromatic rings. The number of likely N-dealkylation sites (N-methyl/N-ethyl adjacent to an activating group) is 1. The van der Waals surface area contributed by atoms with Crippen molar-refractivity contribution in [1.82, 2.24) is 25.3 Å². The molecule has 7 heteroatoms. The summed E-state index contributed by atoms with van der Waals surface area (Å²) in [4.78, 5) is 12.0. The number of aryl methyl sites for hydroxylation is 2. The molecule has 6 nitrogen and oxygen atoms in total. The van der Waals surface area contributed by atoms with Crippen molar-refractivity contribution in [3.8, 4) is 11.5 Å². The summed E-state index contributed by atoms with van der Waals surface area (Å²) in [6.45, 7) is 7.07. The van der Waals surface area contributed by atoms with Gasteiger partial charge in [0.2, 0.25) is 0 Å². The molecule has 1 unspecified atom stereocenters. The van der Waals surface area contributed by atoms with Crippen molar-refractivity contribution >= 4 is 23.3 Å². The minimum atomic E-state index is 0. The molecule has 1 saturated heterocycles. The quantitative estimate of drug-likeness (QED) is 0.723. The smallest absolute Gasteiger partial charge is 0.258 e. The van der Waals surface area contributed by atoms with Crippen molar-refractivity contribution in [1.29, 1.82) is 0 Å². The van der Waals surface area contributed by atoms with Crippen LogP contribution in [-0.2, 0) is 0 Å². The highest BCUT2D eigenvalue weighted by Gasteiger charge is 2.29. The zero-order chi connectivity index (χ0) is 18.5. The highest BCUT2D eigenvalue weighted by atomic mass is 35.5. The molecule has 2 fully saturated rings. The van der Waals surface area contributed by atoms with Gasteiger partial charge in [0.25, 0.3) is 5.89 Å². The Hall–Kier alpha value is -2.02. The number of benzene rings is 1. The van der Waals surface area contributed by atoms with Crippen molar-refractivity contribution in [2.75, 3.05) is 26.7 Å². The Kier molecular flexibility index (Phi) is 5.12. The minimum Gasteiger partial charge on any atom is -0.334 e. The average molecular weight is 400 g/mol. The van der Waals surface area contributed by atoms with E-state index in [1.54, 1.807) is 0 Å². The zero-order valence-electron chi connectivity index (χ0n) is 16.5. The third-order valence-corrected chi connectivity index (χ3v) is 5.74. The topological polar surface area (TPSA) is 67.1 Å². The maximum atomic E-state index is 5.75. The Balaban J connectivity index is 0.00000192. The molecule has 2 aliphatic rings. The summed E-state index contributed by atoms with van der Waals surface area (Å²) < 4.78 is 5.75. The second-order valence-corrected chi connectivity index (χ2v) is 8.01. The summed E-state index contributed by atoms with van der Waals surface area (Å²) in [5.41, 5.74) is 5.64. The standard InChI is InChI=1S/C21H25N5O.ClH/c1-12-8-13(2)19-15(9-12)16(10-17(23-19)14-4-5-14)21-24-20(25-27-21)18-11-22-6-7-26(18)3;/h8-10,14,18,22H,4-7,11H2,1-3H3;1H. The second kappa shape index (κ2) is 7.43. The molecule has 0 radical (unpaired) electrons. The van der Waals surface area contributed by atoms with E-state index >= 15 is 0 Å². The van der Waals surface area contributed by atoms with Gasteiger partial charge in [-0.05, 0) is 51.4 Å². The fourth-order valence-electron chi connectivity index (χ4n) is 4.04. The van der Waals surface area contributed by atoms with Gasteiger partial charge >= 0.3 is 0 Å². The normalized spacial score (nSPS) is 20.3. The van der Waals surface area contributed by atoms with Crippen molar-refractivity contribution in [2.45, 2.75) is 38.6 Å². The van der Waals surface area contributed by atoms with E-state index in [4.69, 9.17) is 14.5 Å². The molecule has 3 heterocycles. The molecule has 1 aliphatic carbocycles. The Morgan fingerprint density at radius 3 is 2.71 bits per heavy atom. The lowest BCUT2D eigenvalue weighted by atomic mass is 10.0. The number of aromatic nitrogens is 3. The van der Waals surface area contributed by atoms with Crippen LogP contribution in [-0.4, -0.2) is 46.7 Å². The maximum absolute atomic E-state index is 5.75. The first-order valence-corrected chi connectivity index (χ1v) is 9.77. The van der Waals surface area contributed by atoms with Crippen molar-refractivity contribution < 1.29 is 4.52 Å². The molecule has 1 atom stereocenters. The van der Waals surface area contributed by atoms with Gasteiger partial charge in [-0.2, -0.15) is 4.98 Å². The van der Waals surface area contributed by atoms with Crippen LogP contribution in [0.1, 0.15) is 47.4 Å². The lowest BCUT2D eigenvalue weighted by molar-refractivity contribution is 0.190. The summed E-state index contributed by atoms with van der Waals surface area (Å²) in [5, 5.41) is 8.84. The molecule has 148 valence electrons. The average Bonchev–Trinajstić information content (AvgIpc) is 3.39. The van der Waals surface area contributed by atoms with E-state index < -0.39 is 0 Å². The summed E-state index contributed by atoms with van der Waals surface area (Å²) in [5.74, 6) is 1.93. The number of nitrogens with zero attached hydrogens (tertiary/aromatic N) is 4. The zero-order valence-corrected chi connectivity index (χ0v) is 17.3. The van der Waals surface area contributed by atoms with E-state index in [0.29, 0.717) is 11.8 Å². The third kappa shape index (κ3) is 3.41. The van der Waals surface area contributed by atoms with Crippen LogP contribution in [0.15, 0.2) is 22.7 Å². The van der Waals surface area contributed by atoms with Crippen LogP contribution < -0.4 is 5.32 Å². The summed E-state index contributed by atoms with van der Waals surface area (Å²) in [7, 11) is 2.11. The number of rotatable bonds is 3. The van der Waals surface area contributed by atoms with Gasteiger partial charge in [0.05, 0.1) is 17.1 Å². The highest BCUT2D eigenvalue weighted by molar-refractivity contribution is 5.95. The Labute approximate surface area is 171 Å². The number of piperazine rings is 1. The monoisotopic (exact) mass is 399 g/mol. The largest absolute Gasteiger partial charge is 0.334 e. The molecule has 1 N–H and O–H groups in total. The summed E-state index contributed by atoms with van der Waals surface area (Å²) in [6, 6.07) is 6.69. The van der Waals surface area contributed by atoms with Gasteiger partial charge in [-0.25, -0.2) is 0 Å². The van der Waals surface area contributed by atoms with Gasteiger partial charge < -0.3 is 9.84 Å².